The molecule has 0 spiro atoms. The van der Waals surface area contributed by atoms with Crippen molar-refractivity contribution in [3.05, 3.63) is 148 Å². The zero-order valence-corrected chi connectivity index (χ0v) is 25.8. The Morgan fingerprint density at radius 2 is 1.53 bits per heavy atom. The molecule has 0 aliphatic carbocycles. The van der Waals surface area contributed by atoms with Gasteiger partial charge in [-0.3, -0.25) is 14.4 Å². The number of carbonyl (C=O) groups is 2. The lowest BCUT2D eigenvalue weighted by molar-refractivity contribution is -0.142. The number of aliphatic hydroxyl groups is 1. The highest BCUT2D eigenvalue weighted by Crippen LogP contribution is 2.22. The van der Waals surface area contributed by atoms with E-state index in [1.807, 2.05) is 29.2 Å². The van der Waals surface area contributed by atoms with Gasteiger partial charge in [0.25, 0.3) is 11.5 Å². The molecule has 1 aliphatic heterocycles. The van der Waals surface area contributed by atoms with Crippen LogP contribution in [0.4, 0.5) is 23.2 Å². The number of pyridine rings is 1. The maximum Gasteiger partial charge on any atom is 0.294 e. The van der Waals surface area contributed by atoms with Crippen LogP contribution in [0.15, 0.2) is 96.5 Å². The molecular formula is C35H28F4N6O4. The summed E-state index contributed by atoms with van der Waals surface area (Å²) in [6.45, 7) is 0.954. The average molecular weight is 673 g/mol. The molecule has 1 N–H and O–H groups in total. The first-order valence-electron chi connectivity index (χ1n) is 15.1. The minimum Gasteiger partial charge on any atom is -0.507 e. The summed E-state index contributed by atoms with van der Waals surface area (Å²) in [5.41, 5.74) is 0.0924. The van der Waals surface area contributed by atoms with Gasteiger partial charge in [-0.25, -0.2) is 27.2 Å². The van der Waals surface area contributed by atoms with Gasteiger partial charge in [0.1, 0.15) is 41.7 Å². The number of aromatic nitrogens is 4. The van der Waals surface area contributed by atoms with Gasteiger partial charge in [-0.15, -0.1) is 0 Å². The summed E-state index contributed by atoms with van der Waals surface area (Å²) >= 11 is 0. The lowest BCUT2D eigenvalue weighted by Gasteiger charge is -2.35. The molecule has 6 rings (SSSR count). The van der Waals surface area contributed by atoms with E-state index in [9.17, 15) is 37.1 Å². The predicted octanol–water partition coefficient (Wildman–Crippen LogP) is 4.44. The Hall–Kier alpha value is -6.05. The quantitative estimate of drug-likeness (QED) is 0.107. The second-order valence-corrected chi connectivity index (χ2v) is 11.3. The zero-order valence-electron chi connectivity index (χ0n) is 25.8. The van der Waals surface area contributed by atoms with E-state index in [0.717, 1.165) is 22.0 Å². The average Bonchev–Trinajstić information content (AvgIpc) is 3.64. The van der Waals surface area contributed by atoms with E-state index in [4.69, 9.17) is 0 Å². The zero-order chi connectivity index (χ0) is 34.7. The number of amides is 1. The molecule has 0 unspecified atom stereocenters. The summed E-state index contributed by atoms with van der Waals surface area (Å²) in [5, 5.41) is 15.0. The Labute approximate surface area is 276 Å². The topological polar surface area (TPSA) is 114 Å². The number of hydrogen-bond donors (Lipinski definition) is 1. The SMILES string of the molecule is O=C(C=C(O)c1cc(Cc2c(F)cc(F)cc2F)cn(Cc2ccccc2F)c1=O)C(=O)N1CCN(c2ccc(-n3cncn3)cc2)CC1. The van der Waals surface area contributed by atoms with E-state index in [2.05, 4.69) is 10.1 Å². The van der Waals surface area contributed by atoms with Crippen molar-refractivity contribution in [2.75, 3.05) is 31.1 Å². The van der Waals surface area contributed by atoms with Crippen molar-refractivity contribution in [2.45, 2.75) is 13.0 Å². The first-order chi connectivity index (χ1) is 23.6. The van der Waals surface area contributed by atoms with Gasteiger partial charge in [0, 0.05) is 73.8 Å². The molecule has 3 heterocycles. The summed E-state index contributed by atoms with van der Waals surface area (Å²) in [6.07, 6.45) is 4.38. The van der Waals surface area contributed by atoms with E-state index in [1.165, 1.54) is 35.6 Å². The smallest absolute Gasteiger partial charge is 0.294 e. The van der Waals surface area contributed by atoms with Crippen LogP contribution >= 0.6 is 0 Å². The standard InChI is InChI=1S/C35H28F4N6O4/c36-24-15-30(38)27(31(39)16-24)13-22-14-28(34(48)44(18-22)19-23-3-1-2-4-29(23)37)32(46)17-33(47)35(49)43-11-9-42(10-12-43)25-5-7-26(8-6-25)45-21-40-20-41-45/h1-8,14-18,20-21,46H,9-13,19H2. The highest BCUT2D eigenvalue weighted by atomic mass is 19.1. The van der Waals surface area contributed by atoms with Gasteiger partial charge in [0.2, 0.25) is 5.78 Å². The Morgan fingerprint density at radius 1 is 0.857 bits per heavy atom. The van der Waals surface area contributed by atoms with Gasteiger partial charge in [-0.1, -0.05) is 18.2 Å². The molecule has 10 nitrogen and oxygen atoms in total. The molecule has 5 aromatic rings. The van der Waals surface area contributed by atoms with Crippen LogP contribution in [-0.4, -0.2) is 67.2 Å². The fourth-order valence-corrected chi connectivity index (χ4v) is 5.60. The molecule has 1 saturated heterocycles. The number of aliphatic hydroxyl groups excluding tert-OH is 1. The van der Waals surface area contributed by atoms with Crippen molar-refractivity contribution < 1.29 is 32.3 Å². The van der Waals surface area contributed by atoms with Crippen LogP contribution in [-0.2, 0) is 22.6 Å². The third kappa shape index (κ3) is 7.27. The molecule has 1 aliphatic rings. The predicted molar refractivity (Wildman–Crippen MR) is 171 cm³/mol. The summed E-state index contributed by atoms with van der Waals surface area (Å²) in [5.74, 6) is -6.94. The van der Waals surface area contributed by atoms with Crippen LogP contribution in [0.2, 0.25) is 0 Å². The Morgan fingerprint density at radius 3 is 2.18 bits per heavy atom. The minimum atomic E-state index is -1.17. The number of hydrogen-bond acceptors (Lipinski definition) is 7. The molecule has 1 amide bonds. The Balaban J connectivity index is 1.21. The number of halogens is 4. The third-order valence-electron chi connectivity index (χ3n) is 8.15. The Kier molecular flexibility index (Phi) is 9.38. The number of carbonyl (C=O) groups excluding carboxylic acids is 2. The molecule has 3 aromatic carbocycles. The highest BCUT2D eigenvalue weighted by molar-refractivity contribution is 6.41. The number of nitrogens with zero attached hydrogens (tertiary/aromatic N) is 6. The summed E-state index contributed by atoms with van der Waals surface area (Å²) in [6, 6.07) is 15.3. The van der Waals surface area contributed by atoms with Gasteiger partial charge in [0.15, 0.2) is 0 Å². The van der Waals surface area contributed by atoms with E-state index in [0.29, 0.717) is 31.3 Å². The van der Waals surface area contributed by atoms with Gasteiger partial charge in [-0.2, -0.15) is 5.10 Å². The second-order valence-electron chi connectivity index (χ2n) is 11.3. The number of piperazine rings is 1. The van der Waals surface area contributed by atoms with E-state index in [-0.39, 0.29) is 30.8 Å². The summed E-state index contributed by atoms with van der Waals surface area (Å²) < 4.78 is 59.6. The normalized spacial score (nSPS) is 13.5. The molecule has 2 aromatic heterocycles. The first-order valence-corrected chi connectivity index (χ1v) is 15.1. The fourth-order valence-electron chi connectivity index (χ4n) is 5.60. The van der Waals surface area contributed by atoms with Crippen molar-refractivity contribution in [1.82, 2.24) is 24.2 Å². The van der Waals surface area contributed by atoms with Crippen LogP contribution in [0.5, 0.6) is 0 Å². The fraction of sp³-hybridized carbons (Fsp3) is 0.171. The summed E-state index contributed by atoms with van der Waals surface area (Å²) in [4.78, 5) is 46.8. The molecule has 14 heteroatoms. The largest absolute Gasteiger partial charge is 0.507 e. The van der Waals surface area contributed by atoms with E-state index >= 15 is 0 Å². The number of rotatable bonds is 9. The van der Waals surface area contributed by atoms with Gasteiger partial charge >= 0.3 is 0 Å². The maximum atomic E-state index is 14.5. The highest BCUT2D eigenvalue weighted by Gasteiger charge is 2.26. The number of ketones is 1. The monoisotopic (exact) mass is 672 g/mol. The van der Waals surface area contributed by atoms with Crippen molar-refractivity contribution in [3.63, 3.8) is 0 Å². The molecule has 1 fully saturated rings. The second kappa shape index (κ2) is 14.0. The third-order valence-corrected chi connectivity index (χ3v) is 8.15. The van der Waals surface area contributed by atoms with Crippen LogP contribution in [0.25, 0.3) is 11.4 Å². The summed E-state index contributed by atoms with van der Waals surface area (Å²) in [7, 11) is 0. The van der Waals surface area contributed by atoms with Crippen LogP contribution in [0, 0.1) is 23.3 Å². The van der Waals surface area contributed by atoms with Gasteiger partial charge < -0.3 is 19.5 Å². The number of anilines is 1. The van der Waals surface area contributed by atoms with Crippen LogP contribution < -0.4 is 10.5 Å². The molecular weight excluding hydrogens is 644 g/mol. The molecule has 0 bridgehead atoms. The van der Waals surface area contributed by atoms with Crippen molar-refractivity contribution in [3.8, 4) is 5.69 Å². The molecule has 0 radical (unpaired) electrons. The Bertz CT molecular complexity index is 2080. The van der Waals surface area contributed by atoms with Crippen molar-refractivity contribution in [2.24, 2.45) is 0 Å². The van der Waals surface area contributed by atoms with Crippen LogP contribution in [0.1, 0.15) is 22.3 Å². The minimum absolute atomic E-state index is 0.0829. The van der Waals surface area contributed by atoms with Crippen LogP contribution in [0.3, 0.4) is 0 Å². The van der Waals surface area contributed by atoms with Gasteiger partial charge in [-0.05, 0) is 42.0 Å². The lowest BCUT2D eigenvalue weighted by Crippen LogP contribution is -2.50. The lowest BCUT2D eigenvalue weighted by atomic mass is 10.0. The van der Waals surface area contributed by atoms with Crippen molar-refractivity contribution >= 4 is 23.1 Å². The maximum absolute atomic E-state index is 14.5. The van der Waals surface area contributed by atoms with E-state index in [1.54, 1.807) is 17.1 Å². The molecule has 0 saturated carbocycles. The molecule has 0 atom stereocenters. The number of benzene rings is 3. The molecule has 49 heavy (non-hydrogen) atoms. The molecule has 250 valence electrons. The van der Waals surface area contributed by atoms with Crippen molar-refractivity contribution in [1.29, 1.82) is 0 Å². The van der Waals surface area contributed by atoms with Gasteiger partial charge in [0.05, 0.1) is 17.8 Å². The first kappa shape index (κ1) is 32.9. The van der Waals surface area contributed by atoms with E-state index < -0.39 is 63.8 Å².